The molecule has 1 unspecified atom stereocenters. The fourth-order valence-electron chi connectivity index (χ4n) is 1.30. The number of hydrogen-bond donors (Lipinski definition) is 2. The number of benzene rings is 1. The zero-order valence-electron chi connectivity index (χ0n) is 8.09. The van der Waals surface area contributed by atoms with Crippen molar-refractivity contribution in [3.63, 3.8) is 0 Å². The quantitative estimate of drug-likeness (QED) is 0.466. The minimum Gasteiger partial charge on any atom is -0.271 e. The molecular formula is C10H13ClF2N2. The van der Waals surface area contributed by atoms with Gasteiger partial charge in [0.25, 0.3) is 0 Å². The summed E-state index contributed by atoms with van der Waals surface area (Å²) in [5.41, 5.74) is 3.02. The molecule has 0 aliphatic heterocycles. The smallest absolute Gasteiger partial charge is 0.271 e. The van der Waals surface area contributed by atoms with Gasteiger partial charge in [0, 0.05) is 0 Å². The molecule has 0 amide bonds. The van der Waals surface area contributed by atoms with Crippen LogP contribution in [0.15, 0.2) is 30.3 Å². The molecule has 0 aliphatic carbocycles. The monoisotopic (exact) mass is 234 g/mol. The highest BCUT2D eigenvalue weighted by molar-refractivity contribution is 6.22. The average Bonchev–Trinajstić information content (AvgIpc) is 2.18. The maximum Gasteiger partial charge on any atom is 0.338 e. The standard InChI is InChI=1S/C10H13ClF2N2/c11-10(12,13)9(15-14)7-6-8-4-2-1-3-5-8/h1-5,9,15H,6-7,14H2. The fraction of sp³-hybridized carbons (Fsp3) is 0.400. The van der Waals surface area contributed by atoms with Gasteiger partial charge in [0.05, 0.1) is 6.04 Å². The number of halogens is 3. The minimum absolute atomic E-state index is 0.191. The van der Waals surface area contributed by atoms with E-state index in [0.717, 1.165) is 5.56 Å². The maximum atomic E-state index is 12.7. The molecule has 1 rings (SSSR count). The Bertz CT molecular complexity index is 287. The minimum atomic E-state index is -3.32. The van der Waals surface area contributed by atoms with Crippen molar-refractivity contribution in [2.24, 2.45) is 5.84 Å². The number of alkyl halides is 3. The summed E-state index contributed by atoms with van der Waals surface area (Å²) in [4.78, 5) is 0. The first kappa shape index (κ1) is 12.4. The highest BCUT2D eigenvalue weighted by atomic mass is 35.5. The Morgan fingerprint density at radius 3 is 2.40 bits per heavy atom. The van der Waals surface area contributed by atoms with E-state index in [2.05, 4.69) is 0 Å². The summed E-state index contributed by atoms with van der Waals surface area (Å²) >= 11 is 4.89. The van der Waals surface area contributed by atoms with E-state index in [0.29, 0.717) is 6.42 Å². The Balaban J connectivity index is 2.49. The molecule has 1 aromatic carbocycles. The van der Waals surface area contributed by atoms with E-state index >= 15 is 0 Å². The van der Waals surface area contributed by atoms with Crippen molar-refractivity contribution in [3.05, 3.63) is 35.9 Å². The van der Waals surface area contributed by atoms with Gasteiger partial charge in [-0.1, -0.05) is 30.3 Å². The summed E-state index contributed by atoms with van der Waals surface area (Å²) < 4.78 is 25.4. The van der Waals surface area contributed by atoms with E-state index in [9.17, 15) is 8.78 Å². The van der Waals surface area contributed by atoms with E-state index < -0.39 is 11.4 Å². The number of nitrogens with one attached hydrogen (secondary N) is 1. The Morgan fingerprint density at radius 2 is 1.93 bits per heavy atom. The number of nitrogens with two attached hydrogens (primary N) is 1. The van der Waals surface area contributed by atoms with E-state index in [1.165, 1.54) is 0 Å². The molecule has 1 aromatic rings. The molecule has 5 heteroatoms. The number of hydrogen-bond acceptors (Lipinski definition) is 2. The highest BCUT2D eigenvalue weighted by Crippen LogP contribution is 2.26. The molecule has 3 N–H and O–H groups in total. The third-order valence-electron chi connectivity index (χ3n) is 2.16. The molecular weight excluding hydrogens is 222 g/mol. The maximum absolute atomic E-state index is 12.7. The van der Waals surface area contributed by atoms with Crippen LogP contribution in [-0.2, 0) is 6.42 Å². The van der Waals surface area contributed by atoms with Crippen LogP contribution in [0.4, 0.5) is 8.78 Å². The van der Waals surface area contributed by atoms with Crippen molar-refractivity contribution in [1.82, 2.24) is 5.43 Å². The van der Waals surface area contributed by atoms with Gasteiger partial charge in [-0.25, -0.2) is 5.43 Å². The van der Waals surface area contributed by atoms with Crippen LogP contribution in [0.25, 0.3) is 0 Å². The number of hydrazine groups is 1. The molecule has 0 aromatic heterocycles. The van der Waals surface area contributed by atoms with Crippen molar-refractivity contribution < 1.29 is 8.78 Å². The van der Waals surface area contributed by atoms with Crippen LogP contribution in [0.5, 0.6) is 0 Å². The van der Waals surface area contributed by atoms with Crippen LogP contribution in [0.2, 0.25) is 0 Å². The molecule has 0 radical (unpaired) electrons. The SMILES string of the molecule is NNC(CCc1ccccc1)C(F)(F)Cl. The van der Waals surface area contributed by atoms with Crippen LogP contribution < -0.4 is 11.3 Å². The second-order valence-corrected chi connectivity index (χ2v) is 3.79. The van der Waals surface area contributed by atoms with Crippen molar-refractivity contribution in [1.29, 1.82) is 0 Å². The van der Waals surface area contributed by atoms with E-state index in [-0.39, 0.29) is 6.42 Å². The molecule has 0 fully saturated rings. The molecule has 15 heavy (non-hydrogen) atoms. The summed E-state index contributed by atoms with van der Waals surface area (Å²) in [7, 11) is 0. The normalized spacial score (nSPS) is 13.9. The summed E-state index contributed by atoms with van der Waals surface area (Å²) in [5.74, 6) is 5.01. The second-order valence-electron chi connectivity index (χ2n) is 3.29. The second kappa shape index (κ2) is 5.39. The van der Waals surface area contributed by atoms with Gasteiger partial charge in [-0.3, -0.25) is 5.84 Å². The summed E-state index contributed by atoms with van der Waals surface area (Å²) in [6.45, 7) is 0. The molecule has 84 valence electrons. The van der Waals surface area contributed by atoms with Gasteiger partial charge in [0.2, 0.25) is 0 Å². The van der Waals surface area contributed by atoms with E-state index in [4.69, 9.17) is 17.4 Å². The molecule has 1 atom stereocenters. The van der Waals surface area contributed by atoms with Gasteiger partial charge in [-0.05, 0) is 30.0 Å². The van der Waals surface area contributed by atoms with E-state index in [1.807, 2.05) is 35.8 Å². The predicted molar refractivity (Wildman–Crippen MR) is 56.7 cm³/mol. The topological polar surface area (TPSA) is 38.0 Å². The van der Waals surface area contributed by atoms with Crippen molar-refractivity contribution in [3.8, 4) is 0 Å². The predicted octanol–water partition coefficient (Wildman–Crippen LogP) is 2.28. The lowest BCUT2D eigenvalue weighted by Gasteiger charge is -2.20. The lowest BCUT2D eigenvalue weighted by molar-refractivity contribution is 0.0468. The van der Waals surface area contributed by atoms with Gasteiger partial charge < -0.3 is 0 Å². The molecule has 0 saturated carbocycles. The Morgan fingerprint density at radius 1 is 1.33 bits per heavy atom. The zero-order chi connectivity index (χ0) is 11.3. The summed E-state index contributed by atoms with van der Waals surface area (Å²) in [5, 5.41) is -3.32. The fourth-order valence-corrected chi connectivity index (χ4v) is 1.47. The van der Waals surface area contributed by atoms with Crippen LogP contribution in [0, 0.1) is 0 Å². The first-order valence-corrected chi connectivity index (χ1v) is 4.98. The largest absolute Gasteiger partial charge is 0.338 e. The summed E-state index contributed by atoms with van der Waals surface area (Å²) in [6.07, 6.45) is 0.703. The number of rotatable bonds is 5. The third kappa shape index (κ3) is 4.11. The molecule has 0 aliphatic rings. The van der Waals surface area contributed by atoms with Crippen molar-refractivity contribution in [2.75, 3.05) is 0 Å². The lowest BCUT2D eigenvalue weighted by atomic mass is 10.1. The number of aryl methyl sites for hydroxylation is 1. The first-order valence-electron chi connectivity index (χ1n) is 4.61. The Kier molecular flexibility index (Phi) is 4.45. The van der Waals surface area contributed by atoms with Crippen LogP contribution >= 0.6 is 11.6 Å². The average molecular weight is 235 g/mol. The molecule has 0 saturated heterocycles. The zero-order valence-corrected chi connectivity index (χ0v) is 8.85. The van der Waals surface area contributed by atoms with Gasteiger partial charge in [0.15, 0.2) is 0 Å². The molecule has 0 spiro atoms. The van der Waals surface area contributed by atoms with E-state index in [1.54, 1.807) is 0 Å². The van der Waals surface area contributed by atoms with Crippen LogP contribution in [0.1, 0.15) is 12.0 Å². The lowest BCUT2D eigenvalue weighted by Crippen LogP contribution is -2.45. The molecule has 2 nitrogen and oxygen atoms in total. The Labute approximate surface area is 92.4 Å². The van der Waals surface area contributed by atoms with Crippen molar-refractivity contribution >= 4 is 11.6 Å². The first-order chi connectivity index (χ1) is 7.04. The molecule has 0 bridgehead atoms. The van der Waals surface area contributed by atoms with Crippen LogP contribution in [-0.4, -0.2) is 11.4 Å². The van der Waals surface area contributed by atoms with Gasteiger partial charge in [-0.15, -0.1) is 0 Å². The van der Waals surface area contributed by atoms with Crippen molar-refractivity contribution in [2.45, 2.75) is 24.3 Å². The molecule has 0 heterocycles. The third-order valence-corrected chi connectivity index (χ3v) is 2.42. The Hall–Kier alpha value is -0.710. The highest BCUT2D eigenvalue weighted by Gasteiger charge is 2.35. The van der Waals surface area contributed by atoms with Gasteiger partial charge in [-0.2, -0.15) is 8.78 Å². The van der Waals surface area contributed by atoms with Gasteiger partial charge in [0.1, 0.15) is 0 Å². The van der Waals surface area contributed by atoms with Crippen LogP contribution in [0.3, 0.4) is 0 Å². The van der Waals surface area contributed by atoms with Gasteiger partial charge >= 0.3 is 5.38 Å². The summed E-state index contributed by atoms with van der Waals surface area (Å²) in [6, 6.07) is 8.13.